The first-order chi connectivity index (χ1) is 11.7. The first kappa shape index (κ1) is 18.6. The van der Waals surface area contributed by atoms with Crippen molar-refractivity contribution >= 4 is 27.6 Å². The molecule has 0 fully saturated rings. The van der Waals surface area contributed by atoms with Crippen molar-refractivity contribution in [1.82, 2.24) is 4.72 Å². The number of nitrogens with one attached hydrogen (secondary N) is 2. The Morgan fingerprint density at radius 3 is 2.24 bits per heavy atom. The zero-order chi connectivity index (χ0) is 18.6. The maximum absolute atomic E-state index is 12.2. The molecule has 0 bridgehead atoms. The summed E-state index contributed by atoms with van der Waals surface area (Å²) in [5.74, 6) is -1.58. The van der Waals surface area contributed by atoms with Gasteiger partial charge in [-0.1, -0.05) is 17.7 Å². The molecule has 7 nitrogen and oxygen atoms in total. The first-order valence-electron chi connectivity index (χ1n) is 7.39. The molecule has 0 saturated carbocycles. The number of carbonyl (C=O) groups is 2. The smallest absolute Gasteiger partial charge is 0.318 e. The van der Waals surface area contributed by atoms with Gasteiger partial charge in [-0.25, -0.2) is 8.42 Å². The number of benzene rings is 2. The van der Waals surface area contributed by atoms with Gasteiger partial charge in [0.05, 0.1) is 4.90 Å². The molecule has 0 radical (unpaired) electrons. The Bertz CT molecular complexity index is 905. The summed E-state index contributed by atoms with van der Waals surface area (Å²) in [5, 5.41) is 11.3. The standard InChI is InChI=1S/C17H18N2O5S/c1-11-3-5-13(6-4-11)17(22)19-15-8-7-14(9-12(15)2)25(23,24)18-10-16(20)21/h3-9,18H,10H2,1-2H3,(H,19,22)(H,20,21). The van der Waals surface area contributed by atoms with Gasteiger partial charge in [-0.3, -0.25) is 9.59 Å². The fourth-order valence-corrected chi connectivity index (χ4v) is 3.14. The van der Waals surface area contributed by atoms with E-state index in [9.17, 15) is 18.0 Å². The minimum atomic E-state index is -3.92. The molecule has 0 aliphatic rings. The second-order valence-electron chi connectivity index (χ2n) is 5.52. The second kappa shape index (κ2) is 7.45. The number of hydrogen-bond acceptors (Lipinski definition) is 4. The van der Waals surface area contributed by atoms with Crippen LogP contribution in [0.1, 0.15) is 21.5 Å². The number of aliphatic carboxylic acids is 1. The third-order valence-electron chi connectivity index (χ3n) is 3.48. The summed E-state index contributed by atoms with van der Waals surface area (Å²) in [6.45, 7) is 2.87. The molecule has 2 aromatic rings. The molecule has 0 aliphatic carbocycles. The zero-order valence-corrected chi connectivity index (χ0v) is 14.6. The molecule has 8 heteroatoms. The van der Waals surface area contributed by atoms with E-state index < -0.39 is 22.5 Å². The van der Waals surface area contributed by atoms with Gasteiger partial charge in [0, 0.05) is 11.3 Å². The normalized spacial score (nSPS) is 11.1. The van der Waals surface area contributed by atoms with Gasteiger partial charge in [0.2, 0.25) is 10.0 Å². The van der Waals surface area contributed by atoms with Crippen LogP contribution in [0.4, 0.5) is 5.69 Å². The van der Waals surface area contributed by atoms with Crippen LogP contribution in [0.25, 0.3) is 0 Å². The quantitative estimate of drug-likeness (QED) is 0.727. The van der Waals surface area contributed by atoms with E-state index in [0.717, 1.165) is 5.56 Å². The zero-order valence-electron chi connectivity index (χ0n) is 13.7. The van der Waals surface area contributed by atoms with Gasteiger partial charge in [0.1, 0.15) is 6.54 Å². The monoisotopic (exact) mass is 362 g/mol. The summed E-state index contributed by atoms with van der Waals surface area (Å²) in [6.07, 6.45) is 0. The van der Waals surface area contributed by atoms with E-state index in [1.807, 2.05) is 23.8 Å². The lowest BCUT2D eigenvalue weighted by Gasteiger charge is -2.11. The lowest BCUT2D eigenvalue weighted by atomic mass is 10.1. The van der Waals surface area contributed by atoms with E-state index in [1.54, 1.807) is 19.1 Å². The number of sulfonamides is 1. The molecule has 25 heavy (non-hydrogen) atoms. The van der Waals surface area contributed by atoms with E-state index in [2.05, 4.69) is 5.32 Å². The van der Waals surface area contributed by atoms with Crippen LogP contribution in [0.5, 0.6) is 0 Å². The first-order valence-corrected chi connectivity index (χ1v) is 8.87. The van der Waals surface area contributed by atoms with E-state index in [4.69, 9.17) is 5.11 Å². The third-order valence-corrected chi connectivity index (χ3v) is 4.88. The van der Waals surface area contributed by atoms with Crippen LogP contribution < -0.4 is 10.0 Å². The maximum Gasteiger partial charge on any atom is 0.318 e. The van der Waals surface area contributed by atoms with E-state index in [0.29, 0.717) is 16.8 Å². The summed E-state index contributed by atoms with van der Waals surface area (Å²) >= 11 is 0. The Labute approximate surface area is 145 Å². The molecule has 0 aromatic heterocycles. The average molecular weight is 362 g/mol. The van der Waals surface area contributed by atoms with Gasteiger partial charge in [-0.05, 0) is 49.7 Å². The summed E-state index contributed by atoms with van der Waals surface area (Å²) in [7, 11) is -3.92. The number of anilines is 1. The average Bonchev–Trinajstić information content (AvgIpc) is 2.55. The second-order valence-corrected chi connectivity index (χ2v) is 7.28. The molecule has 2 rings (SSSR count). The largest absolute Gasteiger partial charge is 0.480 e. The van der Waals surface area contributed by atoms with Crippen molar-refractivity contribution < 1.29 is 23.1 Å². The minimum absolute atomic E-state index is 0.0698. The molecule has 3 N–H and O–H groups in total. The van der Waals surface area contributed by atoms with Crippen LogP contribution in [-0.4, -0.2) is 31.9 Å². The molecule has 2 aromatic carbocycles. The summed E-state index contributed by atoms with van der Waals surface area (Å²) < 4.78 is 26.0. The number of carbonyl (C=O) groups excluding carboxylic acids is 1. The van der Waals surface area contributed by atoms with Gasteiger partial charge < -0.3 is 10.4 Å². The molecule has 0 unspecified atom stereocenters. The third kappa shape index (κ3) is 4.88. The Hall–Kier alpha value is -2.71. The van der Waals surface area contributed by atoms with Gasteiger partial charge in [0.15, 0.2) is 0 Å². The lowest BCUT2D eigenvalue weighted by molar-refractivity contribution is -0.135. The molecule has 132 valence electrons. The maximum atomic E-state index is 12.2. The van der Waals surface area contributed by atoms with E-state index in [-0.39, 0.29) is 10.8 Å². The molecular weight excluding hydrogens is 344 g/mol. The molecule has 0 spiro atoms. The highest BCUT2D eigenvalue weighted by Gasteiger charge is 2.17. The number of aryl methyl sites for hydroxylation is 2. The number of carboxylic acid groups (broad SMARTS) is 1. The van der Waals surface area contributed by atoms with Crippen molar-refractivity contribution in [2.75, 3.05) is 11.9 Å². The van der Waals surface area contributed by atoms with Crippen LogP contribution >= 0.6 is 0 Å². The Balaban J connectivity index is 2.18. The van der Waals surface area contributed by atoms with Crippen LogP contribution in [-0.2, 0) is 14.8 Å². The summed E-state index contributed by atoms with van der Waals surface area (Å²) in [5.41, 5.74) is 2.54. The van der Waals surface area contributed by atoms with Crippen molar-refractivity contribution in [3.63, 3.8) is 0 Å². The predicted octanol–water partition coefficient (Wildman–Crippen LogP) is 1.92. The molecule has 0 saturated heterocycles. The summed E-state index contributed by atoms with van der Waals surface area (Å²) in [4.78, 5) is 22.7. The molecular formula is C17H18N2O5S. The van der Waals surface area contributed by atoms with Crippen LogP contribution in [0, 0.1) is 13.8 Å². The van der Waals surface area contributed by atoms with Crippen molar-refractivity contribution in [2.45, 2.75) is 18.7 Å². The van der Waals surface area contributed by atoms with E-state index in [1.165, 1.54) is 18.2 Å². The van der Waals surface area contributed by atoms with Crippen molar-refractivity contribution in [3.8, 4) is 0 Å². The molecule has 0 aliphatic heterocycles. The number of rotatable bonds is 6. The van der Waals surface area contributed by atoms with Crippen molar-refractivity contribution in [2.24, 2.45) is 0 Å². The van der Waals surface area contributed by atoms with Crippen molar-refractivity contribution in [1.29, 1.82) is 0 Å². The number of amides is 1. The van der Waals surface area contributed by atoms with Crippen LogP contribution in [0.15, 0.2) is 47.4 Å². The highest BCUT2D eigenvalue weighted by molar-refractivity contribution is 7.89. The minimum Gasteiger partial charge on any atom is -0.480 e. The number of carboxylic acids is 1. The fourth-order valence-electron chi connectivity index (χ4n) is 2.08. The Kier molecular flexibility index (Phi) is 5.55. The molecule has 0 heterocycles. The van der Waals surface area contributed by atoms with Gasteiger partial charge in [0.25, 0.3) is 5.91 Å². The topological polar surface area (TPSA) is 113 Å². The Morgan fingerprint density at radius 1 is 1.04 bits per heavy atom. The van der Waals surface area contributed by atoms with Crippen molar-refractivity contribution in [3.05, 3.63) is 59.2 Å². The highest BCUT2D eigenvalue weighted by atomic mass is 32.2. The van der Waals surface area contributed by atoms with Gasteiger partial charge >= 0.3 is 5.97 Å². The fraction of sp³-hybridized carbons (Fsp3) is 0.176. The van der Waals surface area contributed by atoms with E-state index >= 15 is 0 Å². The van der Waals surface area contributed by atoms with Gasteiger partial charge in [-0.2, -0.15) is 4.72 Å². The lowest BCUT2D eigenvalue weighted by Crippen LogP contribution is -2.29. The van der Waals surface area contributed by atoms with Crippen LogP contribution in [0.2, 0.25) is 0 Å². The molecule has 0 atom stereocenters. The summed E-state index contributed by atoms with van der Waals surface area (Å²) in [6, 6.07) is 11.2. The van der Waals surface area contributed by atoms with Crippen LogP contribution in [0.3, 0.4) is 0 Å². The highest BCUT2D eigenvalue weighted by Crippen LogP contribution is 2.20. The predicted molar refractivity (Wildman–Crippen MR) is 93.1 cm³/mol. The Morgan fingerprint density at radius 2 is 1.68 bits per heavy atom. The SMILES string of the molecule is Cc1ccc(C(=O)Nc2ccc(S(=O)(=O)NCC(=O)O)cc2C)cc1. The molecule has 1 amide bonds. The van der Waals surface area contributed by atoms with Gasteiger partial charge in [-0.15, -0.1) is 0 Å². The number of hydrogen-bond donors (Lipinski definition) is 3.